The Morgan fingerprint density at radius 2 is 2.00 bits per heavy atom. The van der Waals surface area contributed by atoms with Crippen LogP contribution in [0.2, 0.25) is 0 Å². The van der Waals surface area contributed by atoms with Crippen LogP contribution in [-0.4, -0.2) is 52.7 Å². The smallest absolute Gasteiger partial charge is 0.410 e. The largest absolute Gasteiger partial charge is 0.444 e. The number of imide groups is 1. The lowest BCUT2D eigenvalue weighted by molar-refractivity contribution is -0.135. The molecule has 3 rings (SSSR count). The minimum absolute atomic E-state index is 0.159. The van der Waals surface area contributed by atoms with Crippen LogP contribution >= 0.6 is 0 Å². The lowest BCUT2D eigenvalue weighted by Gasteiger charge is -2.34. The van der Waals surface area contributed by atoms with Gasteiger partial charge in [0.1, 0.15) is 22.6 Å². The van der Waals surface area contributed by atoms with E-state index in [1.165, 1.54) is 0 Å². The van der Waals surface area contributed by atoms with Crippen molar-refractivity contribution in [3.05, 3.63) is 35.2 Å². The van der Waals surface area contributed by atoms with Crippen molar-refractivity contribution in [1.29, 1.82) is 0 Å². The van der Waals surface area contributed by atoms with Crippen LogP contribution in [0.3, 0.4) is 0 Å². The second-order valence-corrected chi connectivity index (χ2v) is 10.2. The highest BCUT2D eigenvalue weighted by atomic mass is 19.1. The zero-order valence-electron chi connectivity index (χ0n) is 19.8. The summed E-state index contributed by atoms with van der Waals surface area (Å²) in [7, 11) is 0. The Bertz CT molecular complexity index is 931. The SMILES string of the molecule is C=C(/C=C(\C)C1CCC(=O)NC1=O)/C(F)=C(\C)C12CCN(C(=O)OC(C)(C)C)CC1(C)O2. The van der Waals surface area contributed by atoms with E-state index in [0.29, 0.717) is 37.1 Å². The van der Waals surface area contributed by atoms with Crippen molar-refractivity contribution in [3.8, 4) is 0 Å². The lowest BCUT2D eigenvalue weighted by Crippen LogP contribution is -2.49. The number of carbonyl (C=O) groups is 3. The fourth-order valence-electron chi connectivity index (χ4n) is 4.70. The number of epoxide rings is 1. The summed E-state index contributed by atoms with van der Waals surface area (Å²) in [6, 6.07) is 0. The van der Waals surface area contributed by atoms with Crippen molar-refractivity contribution in [3.63, 3.8) is 0 Å². The molecule has 3 saturated heterocycles. The van der Waals surface area contributed by atoms with E-state index in [0.717, 1.165) is 0 Å². The summed E-state index contributed by atoms with van der Waals surface area (Å²) >= 11 is 0. The standard InChI is InChI=1S/C24H33FN2O5/c1-14(17-8-9-18(28)26-20(17)29)12-15(2)19(25)16(3)24-10-11-27(13-23(24,7)32-24)21(30)31-22(4,5)6/h12,17H,2,8-11,13H2,1,3-7H3,(H,26,28,29)/b14-12+,19-16-. The van der Waals surface area contributed by atoms with Crippen LogP contribution in [0.5, 0.6) is 0 Å². The van der Waals surface area contributed by atoms with Crippen molar-refractivity contribution in [2.75, 3.05) is 13.1 Å². The number of nitrogens with zero attached hydrogens (tertiary/aromatic N) is 1. The van der Waals surface area contributed by atoms with Gasteiger partial charge in [0.25, 0.3) is 0 Å². The molecule has 1 N–H and O–H groups in total. The molecule has 0 saturated carbocycles. The van der Waals surface area contributed by atoms with Gasteiger partial charge in [0.05, 0.1) is 12.5 Å². The van der Waals surface area contributed by atoms with Gasteiger partial charge in [-0.2, -0.15) is 0 Å². The highest BCUT2D eigenvalue weighted by molar-refractivity contribution is 5.99. The molecule has 3 amide bonds. The molecule has 3 heterocycles. The number of hydrogen-bond acceptors (Lipinski definition) is 5. The molecule has 0 aromatic carbocycles. The maximum Gasteiger partial charge on any atom is 0.410 e. The van der Waals surface area contributed by atoms with Crippen molar-refractivity contribution in [2.24, 2.45) is 5.92 Å². The van der Waals surface area contributed by atoms with Gasteiger partial charge in [-0.15, -0.1) is 0 Å². The topological polar surface area (TPSA) is 88.2 Å². The average Bonchev–Trinajstić information content (AvgIpc) is 3.31. The molecule has 3 fully saturated rings. The molecule has 0 bridgehead atoms. The van der Waals surface area contributed by atoms with E-state index < -0.39 is 34.6 Å². The number of hydrogen-bond donors (Lipinski definition) is 1. The first-order chi connectivity index (χ1) is 14.7. The van der Waals surface area contributed by atoms with E-state index in [-0.39, 0.29) is 23.8 Å². The summed E-state index contributed by atoms with van der Waals surface area (Å²) in [6.07, 6.45) is 2.26. The van der Waals surface area contributed by atoms with Crippen LogP contribution in [0.25, 0.3) is 0 Å². The molecule has 8 heteroatoms. The van der Waals surface area contributed by atoms with Crippen LogP contribution in [0, 0.1) is 5.92 Å². The van der Waals surface area contributed by atoms with Crippen LogP contribution in [0.1, 0.15) is 60.8 Å². The number of rotatable bonds is 4. The normalized spacial score (nSPS) is 31.4. The predicted octanol–water partition coefficient (Wildman–Crippen LogP) is 3.95. The summed E-state index contributed by atoms with van der Waals surface area (Å²) in [5.74, 6) is -1.61. The fourth-order valence-corrected chi connectivity index (χ4v) is 4.70. The molecular weight excluding hydrogens is 415 g/mol. The molecule has 3 atom stereocenters. The van der Waals surface area contributed by atoms with Crippen LogP contribution < -0.4 is 5.32 Å². The van der Waals surface area contributed by atoms with E-state index >= 15 is 4.39 Å². The summed E-state index contributed by atoms with van der Waals surface area (Å²) in [5, 5.41) is 2.32. The first kappa shape index (κ1) is 24.2. The minimum atomic E-state index is -0.797. The van der Waals surface area contributed by atoms with Gasteiger partial charge < -0.3 is 14.4 Å². The molecule has 3 unspecified atom stereocenters. The maximum atomic E-state index is 15.4. The molecule has 0 aliphatic carbocycles. The number of allylic oxidation sites excluding steroid dienone is 3. The Hall–Kier alpha value is -2.48. The first-order valence-corrected chi connectivity index (χ1v) is 11.0. The number of piperidine rings is 2. The van der Waals surface area contributed by atoms with E-state index in [4.69, 9.17) is 9.47 Å². The third-order valence-corrected chi connectivity index (χ3v) is 6.50. The van der Waals surface area contributed by atoms with Crippen LogP contribution in [-0.2, 0) is 19.1 Å². The second-order valence-electron chi connectivity index (χ2n) is 10.2. The van der Waals surface area contributed by atoms with E-state index in [1.807, 2.05) is 27.7 Å². The lowest BCUT2D eigenvalue weighted by atomic mass is 9.80. The molecule has 0 aromatic heterocycles. The van der Waals surface area contributed by atoms with E-state index in [2.05, 4.69) is 11.9 Å². The number of nitrogens with one attached hydrogen (secondary N) is 1. The van der Waals surface area contributed by atoms with E-state index in [1.54, 1.807) is 24.8 Å². The summed E-state index contributed by atoms with van der Waals surface area (Å²) in [6.45, 7) is 15.3. The van der Waals surface area contributed by atoms with Crippen molar-refractivity contribution >= 4 is 17.9 Å². The third-order valence-electron chi connectivity index (χ3n) is 6.50. The molecule has 3 aliphatic heterocycles. The average molecular weight is 449 g/mol. The molecule has 0 aromatic rings. The number of likely N-dealkylation sites (tertiary alicyclic amines) is 1. The zero-order valence-corrected chi connectivity index (χ0v) is 19.8. The summed E-state index contributed by atoms with van der Waals surface area (Å²) < 4.78 is 26.9. The van der Waals surface area contributed by atoms with Gasteiger partial charge in [-0.1, -0.05) is 18.2 Å². The van der Waals surface area contributed by atoms with Crippen molar-refractivity contribution in [1.82, 2.24) is 10.2 Å². The summed E-state index contributed by atoms with van der Waals surface area (Å²) in [4.78, 5) is 37.5. The summed E-state index contributed by atoms with van der Waals surface area (Å²) in [5.41, 5.74) is -0.850. The van der Waals surface area contributed by atoms with Crippen LogP contribution in [0.15, 0.2) is 35.2 Å². The molecule has 7 nitrogen and oxygen atoms in total. The molecule has 0 radical (unpaired) electrons. The first-order valence-electron chi connectivity index (χ1n) is 11.0. The minimum Gasteiger partial charge on any atom is -0.444 e. The highest BCUT2D eigenvalue weighted by Gasteiger charge is 2.71. The molecule has 0 spiro atoms. The van der Waals surface area contributed by atoms with Gasteiger partial charge in [0.2, 0.25) is 11.8 Å². The van der Waals surface area contributed by atoms with Gasteiger partial charge in [0, 0.05) is 25.0 Å². The number of fused-ring (bicyclic) bond motifs is 1. The number of amides is 3. The Morgan fingerprint density at radius 3 is 2.56 bits per heavy atom. The maximum absolute atomic E-state index is 15.4. The van der Waals surface area contributed by atoms with Gasteiger partial charge in [-0.25, -0.2) is 9.18 Å². The Balaban J connectivity index is 1.73. The van der Waals surface area contributed by atoms with E-state index in [9.17, 15) is 14.4 Å². The number of ether oxygens (including phenoxy) is 2. The number of halogens is 1. The molecule has 3 aliphatic rings. The number of carbonyl (C=O) groups excluding carboxylic acids is 3. The second kappa shape index (κ2) is 8.14. The van der Waals surface area contributed by atoms with Crippen molar-refractivity contribution in [2.45, 2.75) is 77.6 Å². The predicted molar refractivity (Wildman–Crippen MR) is 117 cm³/mol. The quantitative estimate of drug-likeness (QED) is 0.400. The highest BCUT2D eigenvalue weighted by Crippen LogP contribution is 2.58. The molecule has 32 heavy (non-hydrogen) atoms. The molecule has 176 valence electrons. The fraction of sp³-hybridized carbons (Fsp3) is 0.625. The Morgan fingerprint density at radius 1 is 1.34 bits per heavy atom. The Labute approximate surface area is 188 Å². The van der Waals surface area contributed by atoms with Gasteiger partial charge in [-0.3, -0.25) is 14.9 Å². The van der Waals surface area contributed by atoms with Gasteiger partial charge in [-0.05, 0) is 53.5 Å². The van der Waals surface area contributed by atoms with Gasteiger partial charge >= 0.3 is 6.09 Å². The van der Waals surface area contributed by atoms with Crippen LogP contribution in [0.4, 0.5) is 9.18 Å². The molecular formula is C24H33FN2O5. The zero-order chi connectivity index (χ0) is 24.1. The Kier molecular flexibility index (Phi) is 6.15. The van der Waals surface area contributed by atoms with Gasteiger partial charge in [0.15, 0.2) is 0 Å². The van der Waals surface area contributed by atoms with Crippen molar-refractivity contribution < 1.29 is 28.2 Å². The monoisotopic (exact) mass is 448 g/mol. The third kappa shape index (κ3) is 4.51.